The molecule has 154 valence electrons. The van der Waals surface area contributed by atoms with Gasteiger partial charge in [-0.1, -0.05) is 6.92 Å². The minimum atomic E-state index is 0. The van der Waals surface area contributed by atoms with Gasteiger partial charge in [0, 0.05) is 44.8 Å². The van der Waals surface area contributed by atoms with Gasteiger partial charge in [0.05, 0.1) is 12.7 Å². The van der Waals surface area contributed by atoms with Crippen molar-refractivity contribution in [1.82, 2.24) is 24.9 Å². The normalized spacial score (nSPS) is 23.3. The molecule has 2 aliphatic heterocycles. The van der Waals surface area contributed by atoms with Crippen molar-refractivity contribution in [3.05, 3.63) is 18.0 Å². The molecule has 1 N–H and O–H groups in total. The third-order valence-electron chi connectivity index (χ3n) is 5.97. The molecule has 2 fully saturated rings. The van der Waals surface area contributed by atoms with Crippen LogP contribution in [0, 0.1) is 5.92 Å². The second-order valence-electron chi connectivity index (χ2n) is 8.14. The highest BCUT2D eigenvalue weighted by atomic mass is 127. The van der Waals surface area contributed by atoms with Crippen molar-refractivity contribution in [2.24, 2.45) is 18.0 Å². The summed E-state index contributed by atoms with van der Waals surface area (Å²) in [6.07, 6.45) is 7.99. The van der Waals surface area contributed by atoms with E-state index < -0.39 is 0 Å². The summed E-state index contributed by atoms with van der Waals surface area (Å²) in [7, 11) is 1.99. The van der Waals surface area contributed by atoms with Crippen LogP contribution in [0.1, 0.15) is 51.5 Å². The van der Waals surface area contributed by atoms with Crippen LogP contribution in [0.2, 0.25) is 0 Å². The van der Waals surface area contributed by atoms with Gasteiger partial charge in [0.25, 0.3) is 0 Å². The Bertz CT molecular complexity index is 593. The Morgan fingerprint density at radius 2 is 2.04 bits per heavy atom. The summed E-state index contributed by atoms with van der Waals surface area (Å²) in [5.74, 6) is 2.53. The van der Waals surface area contributed by atoms with Gasteiger partial charge in [-0.2, -0.15) is 5.10 Å². The van der Waals surface area contributed by atoms with Crippen LogP contribution in [0.4, 0.5) is 0 Å². The first-order chi connectivity index (χ1) is 12.6. The molecular weight excluding hydrogens is 451 g/mol. The van der Waals surface area contributed by atoms with Crippen LogP contribution in [0.15, 0.2) is 17.4 Å². The highest BCUT2D eigenvalue weighted by Gasteiger charge is 2.27. The Morgan fingerprint density at radius 3 is 2.67 bits per heavy atom. The Hall–Kier alpha value is -0.830. The molecule has 1 aromatic heterocycles. The maximum Gasteiger partial charge on any atom is 0.193 e. The van der Waals surface area contributed by atoms with Crippen molar-refractivity contribution in [3.63, 3.8) is 0 Å². The largest absolute Gasteiger partial charge is 0.357 e. The van der Waals surface area contributed by atoms with Crippen molar-refractivity contribution in [1.29, 1.82) is 0 Å². The van der Waals surface area contributed by atoms with Crippen molar-refractivity contribution in [2.45, 2.75) is 52.0 Å². The van der Waals surface area contributed by atoms with Crippen LogP contribution in [0.5, 0.6) is 0 Å². The molecule has 0 radical (unpaired) electrons. The number of nitrogens with zero attached hydrogens (tertiary/aromatic N) is 5. The van der Waals surface area contributed by atoms with Crippen LogP contribution in [-0.4, -0.2) is 70.9 Å². The number of aliphatic imine (C=N–C) groups is 1. The molecule has 6 nitrogen and oxygen atoms in total. The second kappa shape index (κ2) is 10.6. The SMILES string of the molecule is CCNC(=NCC(C)N1CCC(C)CC1)N1CCC(c2cnn(C)c2)C1.I. The van der Waals surface area contributed by atoms with E-state index in [-0.39, 0.29) is 24.0 Å². The Balaban J connectivity index is 0.00000261. The van der Waals surface area contributed by atoms with Crippen LogP contribution in [0.3, 0.4) is 0 Å². The van der Waals surface area contributed by atoms with Gasteiger partial charge in [0.1, 0.15) is 0 Å². The molecule has 2 saturated heterocycles. The molecule has 2 aliphatic rings. The first-order valence-electron chi connectivity index (χ1n) is 10.3. The Kier molecular flexibility index (Phi) is 8.85. The van der Waals surface area contributed by atoms with Gasteiger partial charge in [-0.25, -0.2) is 0 Å². The fraction of sp³-hybridized carbons (Fsp3) is 0.800. The molecule has 1 aromatic rings. The molecule has 3 rings (SSSR count). The van der Waals surface area contributed by atoms with Gasteiger partial charge in [-0.05, 0) is 57.7 Å². The lowest BCUT2D eigenvalue weighted by atomic mass is 9.98. The number of rotatable bonds is 5. The number of halogens is 1. The summed E-state index contributed by atoms with van der Waals surface area (Å²) >= 11 is 0. The summed E-state index contributed by atoms with van der Waals surface area (Å²) in [5, 5.41) is 7.83. The van der Waals surface area contributed by atoms with E-state index >= 15 is 0 Å². The van der Waals surface area contributed by atoms with Crippen molar-refractivity contribution in [3.8, 4) is 0 Å². The number of hydrogen-bond donors (Lipinski definition) is 1. The molecule has 2 atom stereocenters. The molecule has 3 heterocycles. The number of aromatic nitrogens is 2. The summed E-state index contributed by atoms with van der Waals surface area (Å²) in [6, 6.07) is 0.521. The number of hydrogen-bond acceptors (Lipinski definition) is 3. The van der Waals surface area contributed by atoms with E-state index in [1.807, 2.05) is 17.9 Å². The zero-order valence-electron chi connectivity index (χ0n) is 17.4. The maximum absolute atomic E-state index is 4.99. The molecule has 7 heteroatoms. The standard InChI is InChI=1S/C20H36N6.HI/c1-5-21-20(22-12-17(3)25-9-6-16(2)7-10-25)26-11-8-18(15-26)19-13-23-24(4)14-19;/h13-14,16-18H,5-12,15H2,1-4H3,(H,21,22);1H. The summed E-state index contributed by atoms with van der Waals surface area (Å²) < 4.78 is 1.90. The first-order valence-corrected chi connectivity index (χ1v) is 10.3. The van der Waals surface area contributed by atoms with Crippen LogP contribution < -0.4 is 5.32 Å². The molecule has 2 unspecified atom stereocenters. The fourth-order valence-corrected chi connectivity index (χ4v) is 4.10. The third-order valence-corrected chi connectivity index (χ3v) is 5.97. The Morgan fingerprint density at radius 1 is 1.30 bits per heavy atom. The van der Waals surface area contributed by atoms with Crippen molar-refractivity contribution < 1.29 is 0 Å². The van der Waals surface area contributed by atoms with E-state index in [1.165, 1.54) is 37.9 Å². The molecule has 0 spiro atoms. The van der Waals surface area contributed by atoms with Crippen LogP contribution >= 0.6 is 24.0 Å². The van der Waals surface area contributed by atoms with E-state index in [4.69, 9.17) is 4.99 Å². The van der Waals surface area contributed by atoms with E-state index in [0.29, 0.717) is 12.0 Å². The predicted molar refractivity (Wildman–Crippen MR) is 123 cm³/mol. The van der Waals surface area contributed by atoms with E-state index in [9.17, 15) is 0 Å². The lowest BCUT2D eigenvalue weighted by molar-refractivity contribution is 0.150. The molecule has 0 saturated carbocycles. The lowest BCUT2D eigenvalue weighted by Crippen LogP contribution is -2.43. The van der Waals surface area contributed by atoms with Crippen LogP contribution in [0.25, 0.3) is 0 Å². The number of likely N-dealkylation sites (tertiary alicyclic amines) is 2. The van der Waals surface area contributed by atoms with E-state index in [0.717, 1.165) is 38.1 Å². The molecule has 0 amide bonds. The van der Waals surface area contributed by atoms with Gasteiger partial charge in [-0.3, -0.25) is 14.6 Å². The average Bonchev–Trinajstić information content (AvgIpc) is 3.28. The van der Waals surface area contributed by atoms with E-state index in [2.05, 4.69) is 47.2 Å². The fourth-order valence-electron chi connectivity index (χ4n) is 4.10. The third kappa shape index (κ3) is 6.07. The first kappa shape index (κ1) is 22.5. The topological polar surface area (TPSA) is 48.7 Å². The second-order valence-corrected chi connectivity index (χ2v) is 8.14. The molecule has 0 bridgehead atoms. The zero-order valence-corrected chi connectivity index (χ0v) is 19.7. The van der Waals surface area contributed by atoms with Gasteiger partial charge < -0.3 is 10.2 Å². The minimum Gasteiger partial charge on any atom is -0.357 e. The molecule has 0 aromatic carbocycles. The quantitative estimate of drug-likeness (QED) is 0.394. The minimum absolute atomic E-state index is 0. The highest BCUT2D eigenvalue weighted by molar-refractivity contribution is 14.0. The van der Waals surface area contributed by atoms with Gasteiger partial charge in [0.2, 0.25) is 0 Å². The number of aryl methyl sites for hydroxylation is 1. The maximum atomic E-state index is 4.99. The monoisotopic (exact) mass is 488 g/mol. The van der Waals surface area contributed by atoms with Crippen molar-refractivity contribution >= 4 is 29.9 Å². The Labute approximate surface area is 181 Å². The summed E-state index contributed by atoms with van der Waals surface area (Å²) in [5.41, 5.74) is 1.35. The molecule has 0 aliphatic carbocycles. The predicted octanol–water partition coefficient (Wildman–Crippen LogP) is 2.91. The molecular formula is C20H37IN6. The van der Waals surface area contributed by atoms with Gasteiger partial charge >= 0.3 is 0 Å². The average molecular weight is 488 g/mol. The van der Waals surface area contributed by atoms with Crippen molar-refractivity contribution in [2.75, 3.05) is 39.3 Å². The number of guanidine groups is 1. The summed E-state index contributed by atoms with van der Waals surface area (Å²) in [4.78, 5) is 10.0. The zero-order chi connectivity index (χ0) is 18.5. The van der Waals surface area contributed by atoms with Crippen LogP contribution in [-0.2, 0) is 7.05 Å². The summed E-state index contributed by atoms with van der Waals surface area (Å²) in [6.45, 7) is 13.2. The van der Waals surface area contributed by atoms with E-state index in [1.54, 1.807) is 0 Å². The molecule has 27 heavy (non-hydrogen) atoms. The number of nitrogens with one attached hydrogen (secondary N) is 1. The van der Waals surface area contributed by atoms with Gasteiger partial charge in [-0.15, -0.1) is 24.0 Å². The number of piperidine rings is 1. The smallest absolute Gasteiger partial charge is 0.193 e. The van der Waals surface area contributed by atoms with Gasteiger partial charge in [0.15, 0.2) is 5.96 Å². The highest BCUT2D eigenvalue weighted by Crippen LogP contribution is 2.26. The lowest BCUT2D eigenvalue weighted by Gasteiger charge is -2.34.